The third-order valence-electron chi connectivity index (χ3n) is 2.62. The Labute approximate surface area is 117 Å². The van der Waals surface area contributed by atoms with Crippen molar-refractivity contribution in [1.29, 1.82) is 0 Å². The summed E-state index contributed by atoms with van der Waals surface area (Å²) in [7, 11) is 0. The van der Waals surface area contributed by atoms with Crippen LogP contribution in [0.1, 0.15) is 20.3 Å². The molecule has 0 aliphatic carbocycles. The van der Waals surface area contributed by atoms with Gasteiger partial charge in [-0.2, -0.15) is 5.10 Å². The lowest BCUT2D eigenvalue weighted by Crippen LogP contribution is -2.15. The van der Waals surface area contributed by atoms with Gasteiger partial charge in [-0.3, -0.25) is 9.89 Å². The molecule has 6 nitrogen and oxygen atoms in total. The third-order valence-corrected chi connectivity index (χ3v) is 2.62. The number of hydrogen-bond donors (Lipinski definition) is 2. The molecule has 1 aromatic heterocycles. The first-order valence-electron chi connectivity index (χ1n) is 6.52. The highest BCUT2D eigenvalue weighted by Gasteiger charge is 2.06. The predicted molar refractivity (Wildman–Crippen MR) is 76.2 cm³/mol. The van der Waals surface area contributed by atoms with Gasteiger partial charge in [0.15, 0.2) is 5.82 Å². The van der Waals surface area contributed by atoms with Crippen LogP contribution in [0.25, 0.3) is 11.4 Å². The summed E-state index contributed by atoms with van der Waals surface area (Å²) in [5.74, 6) is 0.601. The van der Waals surface area contributed by atoms with Crippen LogP contribution < -0.4 is 5.32 Å². The van der Waals surface area contributed by atoms with Crippen molar-refractivity contribution in [1.82, 2.24) is 15.2 Å². The fraction of sp³-hybridized carbons (Fsp3) is 0.357. The van der Waals surface area contributed by atoms with Gasteiger partial charge < -0.3 is 10.1 Å². The van der Waals surface area contributed by atoms with Gasteiger partial charge in [-0.15, -0.1) is 0 Å². The lowest BCUT2D eigenvalue weighted by molar-refractivity contribution is -0.117. The summed E-state index contributed by atoms with van der Waals surface area (Å²) in [5, 5.41) is 9.43. The molecule has 0 atom stereocenters. The third kappa shape index (κ3) is 4.17. The number of ether oxygens (including phenoxy) is 1. The summed E-state index contributed by atoms with van der Waals surface area (Å²) in [4.78, 5) is 15.8. The average Bonchev–Trinajstić information content (AvgIpc) is 2.92. The Morgan fingerprint density at radius 1 is 1.45 bits per heavy atom. The van der Waals surface area contributed by atoms with Crippen LogP contribution in [0.3, 0.4) is 0 Å². The van der Waals surface area contributed by atoms with Crippen molar-refractivity contribution < 1.29 is 9.53 Å². The molecule has 0 unspecified atom stereocenters. The monoisotopic (exact) mass is 274 g/mol. The van der Waals surface area contributed by atoms with E-state index in [2.05, 4.69) is 20.5 Å². The molecule has 2 N–H and O–H groups in total. The minimum Gasteiger partial charge on any atom is -0.378 e. The first kappa shape index (κ1) is 14.2. The summed E-state index contributed by atoms with van der Waals surface area (Å²) in [6.07, 6.45) is 1.92. The van der Waals surface area contributed by atoms with E-state index in [-0.39, 0.29) is 12.0 Å². The number of H-pyrrole nitrogens is 1. The van der Waals surface area contributed by atoms with Gasteiger partial charge in [0, 0.05) is 11.3 Å². The summed E-state index contributed by atoms with van der Waals surface area (Å²) >= 11 is 0. The van der Waals surface area contributed by atoms with Crippen LogP contribution >= 0.6 is 0 Å². The van der Waals surface area contributed by atoms with Gasteiger partial charge in [0.2, 0.25) is 5.91 Å². The Bertz CT molecular complexity index is 552. The zero-order valence-electron chi connectivity index (χ0n) is 11.6. The maximum Gasteiger partial charge on any atom is 0.226 e. The van der Waals surface area contributed by atoms with Crippen LogP contribution in [0.5, 0.6) is 0 Å². The predicted octanol–water partition coefficient (Wildman–Crippen LogP) is 2.23. The molecule has 1 heterocycles. The standard InChI is InChI=1S/C14H18N4O2/c1-10(2)20-7-6-13(19)17-12-5-3-4-11(8-12)14-15-9-16-18-14/h3-5,8-10H,6-7H2,1-2H3,(H,17,19)(H,15,16,18). The number of nitrogens with zero attached hydrogens (tertiary/aromatic N) is 2. The number of carbonyl (C=O) groups excluding carboxylic acids is 1. The molecule has 0 saturated carbocycles. The molecule has 2 aromatic rings. The van der Waals surface area contributed by atoms with E-state index in [1.807, 2.05) is 38.1 Å². The summed E-state index contributed by atoms with van der Waals surface area (Å²) < 4.78 is 5.35. The number of aromatic nitrogens is 3. The molecule has 0 aliphatic rings. The van der Waals surface area contributed by atoms with E-state index in [0.29, 0.717) is 18.9 Å². The molecule has 0 fully saturated rings. The van der Waals surface area contributed by atoms with Crippen LogP contribution in [0, 0.1) is 0 Å². The molecule has 6 heteroatoms. The normalized spacial score (nSPS) is 10.8. The Kier molecular flexibility index (Phi) is 4.84. The van der Waals surface area contributed by atoms with Gasteiger partial charge in [0.25, 0.3) is 0 Å². The molecule has 0 radical (unpaired) electrons. The van der Waals surface area contributed by atoms with E-state index in [1.54, 1.807) is 0 Å². The number of nitrogens with one attached hydrogen (secondary N) is 2. The molecule has 20 heavy (non-hydrogen) atoms. The molecule has 2 rings (SSSR count). The minimum atomic E-state index is -0.0691. The molecular weight excluding hydrogens is 256 g/mol. The zero-order valence-corrected chi connectivity index (χ0v) is 11.6. The number of anilines is 1. The van der Waals surface area contributed by atoms with E-state index in [4.69, 9.17) is 4.74 Å². The quantitative estimate of drug-likeness (QED) is 0.846. The summed E-state index contributed by atoms with van der Waals surface area (Å²) in [5.41, 5.74) is 1.60. The van der Waals surface area contributed by atoms with Crippen LogP contribution in [0.15, 0.2) is 30.6 Å². The number of aromatic amines is 1. The minimum absolute atomic E-state index is 0.0691. The topological polar surface area (TPSA) is 79.9 Å². The second-order valence-corrected chi connectivity index (χ2v) is 4.63. The van der Waals surface area contributed by atoms with E-state index in [1.165, 1.54) is 6.33 Å². The van der Waals surface area contributed by atoms with Crippen molar-refractivity contribution in [3.8, 4) is 11.4 Å². The molecular formula is C14H18N4O2. The number of carbonyl (C=O) groups is 1. The van der Waals surface area contributed by atoms with Crippen molar-refractivity contribution in [3.05, 3.63) is 30.6 Å². The maximum absolute atomic E-state index is 11.8. The van der Waals surface area contributed by atoms with E-state index in [0.717, 1.165) is 11.3 Å². The first-order chi connectivity index (χ1) is 9.65. The molecule has 0 aliphatic heterocycles. The van der Waals surface area contributed by atoms with Crippen molar-refractivity contribution in [2.45, 2.75) is 26.4 Å². The fourth-order valence-corrected chi connectivity index (χ4v) is 1.70. The Morgan fingerprint density at radius 3 is 3.00 bits per heavy atom. The van der Waals surface area contributed by atoms with Crippen molar-refractivity contribution in [2.24, 2.45) is 0 Å². The van der Waals surface area contributed by atoms with Gasteiger partial charge in [0.05, 0.1) is 19.1 Å². The highest BCUT2D eigenvalue weighted by molar-refractivity contribution is 5.91. The van der Waals surface area contributed by atoms with Crippen LogP contribution in [-0.4, -0.2) is 33.8 Å². The van der Waals surface area contributed by atoms with Gasteiger partial charge in [-0.25, -0.2) is 4.98 Å². The maximum atomic E-state index is 11.8. The number of benzene rings is 1. The Balaban J connectivity index is 1.93. The number of amides is 1. The smallest absolute Gasteiger partial charge is 0.226 e. The lowest BCUT2D eigenvalue weighted by Gasteiger charge is -2.08. The summed E-state index contributed by atoms with van der Waals surface area (Å²) in [6.45, 7) is 4.31. The van der Waals surface area contributed by atoms with Crippen molar-refractivity contribution >= 4 is 11.6 Å². The second-order valence-electron chi connectivity index (χ2n) is 4.63. The molecule has 106 valence electrons. The second kappa shape index (κ2) is 6.81. The SMILES string of the molecule is CC(C)OCCC(=O)Nc1cccc(-c2ncn[nH]2)c1. The zero-order chi connectivity index (χ0) is 14.4. The summed E-state index contributed by atoms with van der Waals surface area (Å²) in [6, 6.07) is 7.44. The van der Waals surface area contributed by atoms with Gasteiger partial charge in [-0.05, 0) is 26.0 Å². The highest BCUT2D eigenvalue weighted by atomic mass is 16.5. The first-order valence-corrected chi connectivity index (χ1v) is 6.52. The largest absolute Gasteiger partial charge is 0.378 e. The van der Waals surface area contributed by atoms with Gasteiger partial charge in [0.1, 0.15) is 6.33 Å². The van der Waals surface area contributed by atoms with Gasteiger partial charge >= 0.3 is 0 Å². The van der Waals surface area contributed by atoms with E-state index < -0.39 is 0 Å². The van der Waals surface area contributed by atoms with Gasteiger partial charge in [-0.1, -0.05) is 12.1 Å². The van der Waals surface area contributed by atoms with Crippen LogP contribution in [0.2, 0.25) is 0 Å². The fourth-order valence-electron chi connectivity index (χ4n) is 1.70. The Hall–Kier alpha value is -2.21. The highest BCUT2D eigenvalue weighted by Crippen LogP contribution is 2.18. The molecule has 0 spiro atoms. The number of hydrogen-bond acceptors (Lipinski definition) is 4. The Morgan fingerprint density at radius 2 is 2.30 bits per heavy atom. The van der Waals surface area contributed by atoms with Crippen LogP contribution in [-0.2, 0) is 9.53 Å². The average molecular weight is 274 g/mol. The molecule has 1 amide bonds. The van der Waals surface area contributed by atoms with E-state index in [9.17, 15) is 4.79 Å². The van der Waals surface area contributed by atoms with Crippen LogP contribution in [0.4, 0.5) is 5.69 Å². The van der Waals surface area contributed by atoms with E-state index >= 15 is 0 Å². The lowest BCUT2D eigenvalue weighted by atomic mass is 10.2. The number of rotatable bonds is 6. The van der Waals surface area contributed by atoms with Crippen molar-refractivity contribution in [3.63, 3.8) is 0 Å². The molecule has 1 aromatic carbocycles. The van der Waals surface area contributed by atoms with Crippen molar-refractivity contribution in [2.75, 3.05) is 11.9 Å². The molecule has 0 bridgehead atoms. The molecule has 0 saturated heterocycles.